The molecule has 0 fully saturated rings. The van der Waals surface area contributed by atoms with Crippen LogP contribution in [0.3, 0.4) is 0 Å². The minimum absolute atomic E-state index is 0.00897. The maximum absolute atomic E-state index is 12.1. The Kier molecular flexibility index (Phi) is 9.93. The Morgan fingerprint density at radius 2 is 1.83 bits per heavy atom. The Morgan fingerprint density at radius 1 is 1.10 bits per heavy atom. The summed E-state index contributed by atoms with van der Waals surface area (Å²) in [6, 6.07) is 6.46. The van der Waals surface area contributed by atoms with Crippen LogP contribution in [0.15, 0.2) is 24.3 Å². The number of aryl methyl sites for hydroxylation is 1. The first-order chi connectivity index (χ1) is 14.9. The van der Waals surface area contributed by atoms with Crippen molar-refractivity contribution in [3.8, 4) is 0 Å². The van der Waals surface area contributed by atoms with E-state index < -0.39 is 11.9 Å². The maximum atomic E-state index is 12.1. The van der Waals surface area contributed by atoms with Crippen LogP contribution >= 0.6 is 0 Å². The van der Waals surface area contributed by atoms with E-state index in [1.807, 2.05) is 19.1 Å². The third kappa shape index (κ3) is 9.47. The van der Waals surface area contributed by atoms with Crippen LogP contribution in [0.2, 0.25) is 0 Å². The fourth-order valence-electron chi connectivity index (χ4n) is 2.55. The van der Waals surface area contributed by atoms with Crippen LogP contribution in [0.1, 0.15) is 65.1 Å². The summed E-state index contributed by atoms with van der Waals surface area (Å²) in [6.07, 6.45) is 1.25. The molecule has 7 nitrogen and oxygen atoms in total. The summed E-state index contributed by atoms with van der Waals surface area (Å²) in [7, 11) is 0. The molecule has 0 saturated heterocycles. The van der Waals surface area contributed by atoms with Crippen LogP contribution in [0, 0.1) is 0 Å². The normalized spacial score (nSPS) is 12.4. The van der Waals surface area contributed by atoms with Crippen LogP contribution in [-0.4, -0.2) is 49.2 Å². The van der Waals surface area contributed by atoms with E-state index in [9.17, 15) is 19.2 Å². The number of ether oxygens (including phenoxy) is 1. The molecule has 1 aromatic rings. The van der Waals surface area contributed by atoms with Crippen LogP contribution in [0.25, 0.3) is 0 Å². The van der Waals surface area contributed by atoms with E-state index in [1.54, 1.807) is 12.1 Å². The molecular weight excluding hydrogens is 372 g/mol. The number of amides is 2. The van der Waals surface area contributed by atoms with E-state index >= 15 is 0 Å². The van der Waals surface area contributed by atoms with Gasteiger partial charge in [0.25, 0.3) is 5.91 Å². The molecule has 1 atom stereocenters. The molecule has 1 aromatic carbocycles. The lowest BCUT2D eigenvalue weighted by Crippen LogP contribution is -2.42. The molecule has 1 rings (SSSR count). The molecule has 160 valence electrons. The minimum atomic E-state index is -0.845. The second-order valence-corrected chi connectivity index (χ2v) is 6.52. The number of carbonyl (C=O) groups excluding carboxylic acids is 4. The molecule has 0 unspecified atom stereocenters. The Bertz CT molecular complexity index is 725. The third-order valence-electron chi connectivity index (χ3n) is 4.35. The number of ketones is 2. The lowest BCUT2D eigenvalue weighted by molar-refractivity contribution is -0.131. The fourth-order valence-corrected chi connectivity index (χ4v) is 2.55. The van der Waals surface area contributed by atoms with Gasteiger partial charge in [0, 0.05) is 34.1 Å². The van der Waals surface area contributed by atoms with Crippen molar-refractivity contribution in [2.45, 2.75) is 58.9 Å². The Labute approximate surface area is 175 Å². The van der Waals surface area contributed by atoms with Crippen molar-refractivity contribution >= 4 is 23.4 Å². The zero-order chi connectivity index (χ0) is 23.1. The lowest BCUT2D eigenvalue weighted by atomic mass is 10.0. The highest BCUT2D eigenvalue weighted by Crippen LogP contribution is 2.05. The van der Waals surface area contributed by atoms with E-state index in [-0.39, 0.29) is 76.7 Å². The zero-order valence-corrected chi connectivity index (χ0v) is 17.0. The van der Waals surface area contributed by atoms with E-state index in [0.717, 1.165) is 12.0 Å². The van der Waals surface area contributed by atoms with Gasteiger partial charge in [-0.3, -0.25) is 19.2 Å². The Balaban J connectivity index is 2.35. The van der Waals surface area contributed by atoms with Gasteiger partial charge in [-0.05, 0) is 30.5 Å². The quantitative estimate of drug-likeness (QED) is 0.461. The summed E-state index contributed by atoms with van der Waals surface area (Å²) in [4.78, 5) is 47.8. The van der Waals surface area contributed by atoms with Gasteiger partial charge in [-0.2, -0.15) is 0 Å². The molecule has 2 amide bonds. The number of Topliss-reactive ketones (excluding diaryl/α,β-unsaturated/α-hetero) is 2. The summed E-state index contributed by atoms with van der Waals surface area (Å²) >= 11 is 0. The molecule has 0 heterocycles. The van der Waals surface area contributed by atoms with E-state index in [2.05, 4.69) is 10.6 Å². The predicted molar refractivity (Wildman–Crippen MR) is 111 cm³/mol. The molecule has 0 saturated carbocycles. The summed E-state index contributed by atoms with van der Waals surface area (Å²) in [5.74, 6) is -1.17. The van der Waals surface area contributed by atoms with Crippen LogP contribution in [-0.2, 0) is 25.5 Å². The smallest absolute Gasteiger partial charge is 0.251 e. The number of rotatable bonds is 14. The molecule has 29 heavy (non-hydrogen) atoms. The predicted octanol–water partition coefficient (Wildman–Crippen LogP) is 2.22. The fraction of sp³-hybridized carbons (Fsp3) is 0.545. The Morgan fingerprint density at radius 3 is 2.48 bits per heavy atom. The van der Waals surface area contributed by atoms with Gasteiger partial charge in [-0.25, -0.2) is 0 Å². The average molecular weight is 407 g/mol. The first kappa shape index (κ1) is 21.2. The molecule has 0 aromatic heterocycles. The Hall–Kier alpha value is -2.54. The molecule has 7 heteroatoms. The largest absolute Gasteiger partial charge is 0.370 e. The van der Waals surface area contributed by atoms with Crippen molar-refractivity contribution in [2.24, 2.45) is 0 Å². The highest BCUT2D eigenvalue weighted by atomic mass is 16.5. The third-order valence-corrected chi connectivity index (χ3v) is 4.35. The molecule has 0 bridgehead atoms. The monoisotopic (exact) mass is 406 g/mol. The van der Waals surface area contributed by atoms with Gasteiger partial charge >= 0.3 is 0 Å². The van der Waals surface area contributed by atoms with Gasteiger partial charge in [0.05, 0.1) is 12.6 Å². The van der Waals surface area contributed by atoms with Gasteiger partial charge < -0.3 is 15.4 Å². The second kappa shape index (κ2) is 13.6. The van der Waals surface area contributed by atoms with Gasteiger partial charge in [-0.1, -0.05) is 32.9 Å². The maximum Gasteiger partial charge on any atom is 0.251 e. The summed E-state index contributed by atoms with van der Waals surface area (Å²) in [6.45, 7) is 2.00. The summed E-state index contributed by atoms with van der Waals surface area (Å²) in [5, 5.41) is 5.26. The number of carbonyl (C=O) groups is 4. The standard InChI is InChI=1S/C22H32N2O5/c1-4-16-7-9-17(10-8-16)22(28)23-13-14-29-15-21(27)24-19(20(26)6-3)12-11-18(25)5-2/h7-10,19H,4-6,11-15H2,1-3H3,(H,23,28)(H,24,27)/t19-/m0/s1/i2D,3D. The van der Waals surface area contributed by atoms with Crippen molar-refractivity contribution in [2.75, 3.05) is 19.8 Å². The first-order valence-corrected chi connectivity index (χ1v) is 9.78. The van der Waals surface area contributed by atoms with Gasteiger partial charge in [-0.15, -0.1) is 0 Å². The van der Waals surface area contributed by atoms with E-state index in [4.69, 9.17) is 7.48 Å². The van der Waals surface area contributed by atoms with Crippen molar-refractivity contribution in [1.29, 1.82) is 0 Å². The molecule has 0 radical (unpaired) electrons. The molecule has 2 N–H and O–H groups in total. The summed E-state index contributed by atoms with van der Waals surface area (Å²) < 4.78 is 19.5. The molecular formula is C22H32N2O5. The number of benzene rings is 1. The average Bonchev–Trinajstić information content (AvgIpc) is 2.76. The lowest BCUT2D eigenvalue weighted by Gasteiger charge is -2.16. The molecule has 0 aliphatic heterocycles. The topological polar surface area (TPSA) is 102 Å². The van der Waals surface area contributed by atoms with Crippen LogP contribution < -0.4 is 10.6 Å². The number of hydrogen-bond acceptors (Lipinski definition) is 5. The van der Waals surface area contributed by atoms with E-state index in [1.165, 1.54) is 0 Å². The first-order valence-electron chi connectivity index (χ1n) is 11.2. The van der Waals surface area contributed by atoms with Gasteiger partial charge in [0.2, 0.25) is 5.91 Å². The second-order valence-electron chi connectivity index (χ2n) is 6.52. The highest BCUT2D eigenvalue weighted by molar-refractivity contribution is 5.94. The van der Waals surface area contributed by atoms with Crippen molar-refractivity contribution < 1.29 is 26.7 Å². The van der Waals surface area contributed by atoms with Crippen LogP contribution in [0.4, 0.5) is 0 Å². The number of nitrogens with one attached hydrogen (secondary N) is 2. The molecule has 0 aliphatic rings. The highest BCUT2D eigenvalue weighted by Gasteiger charge is 2.20. The van der Waals surface area contributed by atoms with E-state index in [0.29, 0.717) is 5.56 Å². The van der Waals surface area contributed by atoms with Crippen LogP contribution in [0.5, 0.6) is 0 Å². The van der Waals surface area contributed by atoms with Gasteiger partial charge in [0.15, 0.2) is 5.78 Å². The van der Waals surface area contributed by atoms with Crippen molar-refractivity contribution in [3.05, 3.63) is 35.4 Å². The SMILES string of the molecule is [2H]CCC(=O)CC[C@H](NC(=O)COCCNC(=O)c1ccc(CC)cc1)C(=O)CC[2H]. The minimum Gasteiger partial charge on any atom is -0.370 e. The molecule has 0 spiro atoms. The summed E-state index contributed by atoms with van der Waals surface area (Å²) in [5.41, 5.74) is 1.69. The van der Waals surface area contributed by atoms with Gasteiger partial charge in [0.1, 0.15) is 12.4 Å². The molecule has 0 aliphatic carbocycles. The van der Waals surface area contributed by atoms with Crippen molar-refractivity contribution in [1.82, 2.24) is 10.6 Å². The zero-order valence-electron chi connectivity index (χ0n) is 19.0. The van der Waals surface area contributed by atoms with Crippen molar-refractivity contribution in [3.63, 3.8) is 0 Å². The number of hydrogen-bond donors (Lipinski definition) is 2.